The first-order valence-corrected chi connectivity index (χ1v) is 16.3. The molecule has 0 fully saturated rings. The fourth-order valence-corrected chi connectivity index (χ4v) is 9.59. The van der Waals surface area contributed by atoms with Crippen molar-refractivity contribution in [2.75, 3.05) is 0 Å². The lowest BCUT2D eigenvalue weighted by Crippen LogP contribution is -2.25. The fraction of sp³-hybridized carbons (Fsp3) is 0.0233. The van der Waals surface area contributed by atoms with Gasteiger partial charge in [-0.15, -0.1) is 11.3 Å². The van der Waals surface area contributed by atoms with Crippen LogP contribution in [-0.4, -0.2) is 0 Å². The van der Waals surface area contributed by atoms with Crippen molar-refractivity contribution in [2.24, 2.45) is 0 Å². The van der Waals surface area contributed by atoms with E-state index in [2.05, 4.69) is 146 Å². The molecule has 0 saturated heterocycles. The second-order valence-corrected chi connectivity index (χ2v) is 13.5. The zero-order valence-electron chi connectivity index (χ0n) is 24.2. The summed E-state index contributed by atoms with van der Waals surface area (Å²) in [4.78, 5) is 0. The van der Waals surface area contributed by atoms with E-state index in [9.17, 15) is 0 Å². The number of hydrogen-bond donors (Lipinski definition) is 0. The lowest BCUT2D eigenvalue weighted by Gasteiger charge is -2.30. The van der Waals surface area contributed by atoms with Crippen LogP contribution in [0, 0.1) is 0 Å². The van der Waals surface area contributed by atoms with Gasteiger partial charge in [-0.1, -0.05) is 115 Å². The van der Waals surface area contributed by atoms with Gasteiger partial charge in [-0.25, -0.2) is 0 Å². The molecule has 2 aliphatic rings. The maximum Gasteiger partial charge on any atom is 0.143 e. The van der Waals surface area contributed by atoms with Crippen LogP contribution >= 0.6 is 11.3 Å². The molecule has 2 heteroatoms. The molecule has 0 N–H and O–H groups in total. The van der Waals surface area contributed by atoms with Crippen LogP contribution in [0.2, 0.25) is 0 Å². The third-order valence-corrected chi connectivity index (χ3v) is 11.5. The lowest BCUT2D eigenvalue weighted by molar-refractivity contribution is 0.667. The quantitative estimate of drug-likeness (QED) is 0.186. The molecule has 9 aromatic rings. The third-order valence-electron chi connectivity index (χ3n) is 10.3. The number of furan rings is 1. The van der Waals surface area contributed by atoms with E-state index in [0.717, 1.165) is 22.1 Å². The average molecular weight is 589 g/mol. The molecule has 0 unspecified atom stereocenters. The van der Waals surface area contributed by atoms with Crippen molar-refractivity contribution in [1.82, 2.24) is 0 Å². The Morgan fingerprint density at radius 3 is 1.76 bits per heavy atom. The van der Waals surface area contributed by atoms with E-state index < -0.39 is 0 Å². The van der Waals surface area contributed by atoms with Crippen LogP contribution in [0.5, 0.6) is 0 Å². The number of fused-ring (bicyclic) bond motifs is 16. The van der Waals surface area contributed by atoms with Gasteiger partial charge in [0.25, 0.3) is 0 Å². The number of hydrogen-bond acceptors (Lipinski definition) is 2. The van der Waals surface area contributed by atoms with E-state index in [1.165, 1.54) is 75.6 Å². The summed E-state index contributed by atoms with van der Waals surface area (Å²) in [5, 5.41) is 4.94. The maximum absolute atomic E-state index is 6.92. The van der Waals surface area contributed by atoms with Crippen LogP contribution in [0.15, 0.2) is 150 Å². The van der Waals surface area contributed by atoms with E-state index in [4.69, 9.17) is 4.42 Å². The molecule has 0 atom stereocenters. The molecule has 208 valence electrons. The number of para-hydroxylation sites is 1. The topological polar surface area (TPSA) is 13.1 Å². The Hall–Kier alpha value is -5.44. The largest absolute Gasteiger partial charge is 0.455 e. The summed E-state index contributed by atoms with van der Waals surface area (Å²) in [6.45, 7) is 0. The molecular weight excluding hydrogens is 565 g/mol. The zero-order chi connectivity index (χ0) is 29.3. The van der Waals surface area contributed by atoms with Crippen molar-refractivity contribution in [2.45, 2.75) is 5.41 Å². The number of benzene rings is 7. The minimum absolute atomic E-state index is 0.375. The summed E-state index contributed by atoms with van der Waals surface area (Å²) in [6, 6.07) is 53.8. The van der Waals surface area contributed by atoms with Gasteiger partial charge < -0.3 is 4.42 Å². The van der Waals surface area contributed by atoms with Crippen molar-refractivity contribution >= 4 is 53.4 Å². The Bertz CT molecular complexity index is 2670. The van der Waals surface area contributed by atoms with Crippen LogP contribution in [0.4, 0.5) is 0 Å². The van der Waals surface area contributed by atoms with Gasteiger partial charge >= 0.3 is 0 Å². The second-order valence-electron chi connectivity index (χ2n) is 12.4. The molecule has 1 spiro atoms. The third kappa shape index (κ3) is 2.89. The minimum atomic E-state index is -0.375. The van der Waals surface area contributed by atoms with Crippen LogP contribution in [0.1, 0.15) is 22.3 Å². The molecule has 7 aromatic carbocycles. The van der Waals surface area contributed by atoms with E-state index in [1.807, 2.05) is 11.3 Å². The van der Waals surface area contributed by atoms with Crippen LogP contribution in [0.3, 0.4) is 0 Å². The first-order valence-electron chi connectivity index (χ1n) is 15.5. The monoisotopic (exact) mass is 588 g/mol. The summed E-state index contributed by atoms with van der Waals surface area (Å²) in [6.07, 6.45) is 0. The first kappa shape index (κ1) is 23.9. The Labute approximate surface area is 263 Å². The van der Waals surface area contributed by atoms with Crippen molar-refractivity contribution in [3.05, 3.63) is 168 Å². The predicted molar refractivity (Wildman–Crippen MR) is 188 cm³/mol. The average Bonchev–Trinajstić information content (AvgIpc) is 3.82. The Morgan fingerprint density at radius 2 is 1.00 bits per heavy atom. The van der Waals surface area contributed by atoms with Gasteiger partial charge in [-0.2, -0.15) is 0 Å². The smallest absolute Gasteiger partial charge is 0.143 e. The number of rotatable bonds is 1. The molecule has 2 aliphatic carbocycles. The molecule has 2 aromatic heterocycles. The highest BCUT2D eigenvalue weighted by molar-refractivity contribution is 7.25. The zero-order valence-corrected chi connectivity index (χ0v) is 25.0. The highest BCUT2D eigenvalue weighted by atomic mass is 32.1. The van der Waals surface area contributed by atoms with Gasteiger partial charge in [0.05, 0.1) is 5.41 Å². The summed E-state index contributed by atoms with van der Waals surface area (Å²) < 4.78 is 9.56. The van der Waals surface area contributed by atoms with E-state index in [1.54, 1.807) is 0 Å². The summed E-state index contributed by atoms with van der Waals surface area (Å²) in [7, 11) is 0. The minimum Gasteiger partial charge on any atom is -0.455 e. The Kier molecular flexibility index (Phi) is 4.46. The van der Waals surface area contributed by atoms with Crippen LogP contribution in [0.25, 0.3) is 75.5 Å². The molecule has 2 heterocycles. The second kappa shape index (κ2) is 8.38. The molecule has 0 radical (unpaired) electrons. The summed E-state index contributed by atoms with van der Waals surface area (Å²) in [5.41, 5.74) is 14.4. The lowest BCUT2D eigenvalue weighted by atomic mass is 9.70. The van der Waals surface area contributed by atoms with E-state index >= 15 is 0 Å². The standard InChI is InChI=1S/C43H24OS/c1-5-16-35-27(10-1)28-11-2-6-17-36(28)43(35)37-18-7-3-12-29(37)32-23-33-31-15-9-14-26(42(31)44-39(33)24-38(32)43)25-20-21-41-34(22-25)30-13-4-8-19-40(30)45-41/h1-24H. The number of thiophene rings is 1. The van der Waals surface area contributed by atoms with Gasteiger partial charge in [0.2, 0.25) is 0 Å². The fourth-order valence-electron chi connectivity index (χ4n) is 8.50. The van der Waals surface area contributed by atoms with Gasteiger partial charge in [-0.05, 0) is 80.4 Å². The van der Waals surface area contributed by atoms with Crippen molar-refractivity contribution in [1.29, 1.82) is 0 Å². The maximum atomic E-state index is 6.92. The van der Waals surface area contributed by atoms with Crippen molar-refractivity contribution in [3.63, 3.8) is 0 Å². The predicted octanol–water partition coefficient (Wildman–Crippen LogP) is 12.0. The molecule has 45 heavy (non-hydrogen) atoms. The highest BCUT2D eigenvalue weighted by Crippen LogP contribution is 2.63. The van der Waals surface area contributed by atoms with Gasteiger partial charge in [-0.3, -0.25) is 0 Å². The first-order chi connectivity index (χ1) is 22.3. The Morgan fingerprint density at radius 1 is 0.400 bits per heavy atom. The van der Waals surface area contributed by atoms with Gasteiger partial charge in [0.1, 0.15) is 11.2 Å². The SMILES string of the molecule is c1ccc2c(c1)-c1ccccc1C21c2ccccc2-c2cc3c(cc21)oc1c(-c2ccc4sc5ccccc5c4c2)cccc13. The molecule has 1 nitrogen and oxygen atoms in total. The molecule has 0 bridgehead atoms. The normalized spacial score (nSPS) is 14.0. The van der Waals surface area contributed by atoms with Crippen LogP contribution < -0.4 is 0 Å². The van der Waals surface area contributed by atoms with Crippen molar-refractivity contribution in [3.8, 4) is 33.4 Å². The molecule has 0 aliphatic heterocycles. The van der Waals surface area contributed by atoms with Crippen molar-refractivity contribution < 1.29 is 4.42 Å². The Balaban J connectivity index is 1.21. The molecular formula is C43H24OS. The van der Waals surface area contributed by atoms with E-state index in [-0.39, 0.29) is 5.41 Å². The van der Waals surface area contributed by atoms with Crippen LogP contribution in [-0.2, 0) is 5.41 Å². The summed E-state index contributed by atoms with van der Waals surface area (Å²) >= 11 is 1.86. The molecule has 11 rings (SSSR count). The molecule has 0 amide bonds. The summed E-state index contributed by atoms with van der Waals surface area (Å²) in [5.74, 6) is 0. The van der Waals surface area contributed by atoms with Gasteiger partial charge in [0, 0.05) is 36.5 Å². The molecule has 0 saturated carbocycles. The van der Waals surface area contributed by atoms with E-state index in [0.29, 0.717) is 0 Å². The van der Waals surface area contributed by atoms with Gasteiger partial charge in [0.15, 0.2) is 0 Å². The highest BCUT2D eigenvalue weighted by Gasteiger charge is 2.51.